The molecule has 2 nitrogen and oxygen atoms in total. The van der Waals surface area contributed by atoms with Crippen LogP contribution in [0, 0.1) is 0 Å². The zero-order chi connectivity index (χ0) is 9.14. The molecule has 0 aliphatic heterocycles. The van der Waals surface area contributed by atoms with Crippen molar-refractivity contribution in [1.82, 2.24) is 0 Å². The van der Waals surface area contributed by atoms with Crippen molar-refractivity contribution < 1.29 is 5.11 Å². The molecule has 2 atom stereocenters. The second kappa shape index (κ2) is 3.94. The largest absolute Gasteiger partial charge is 0.391 e. The van der Waals surface area contributed by atoms with E-state index in [9.17, 15) is 5.11 Å². The maximum atomic E-state index is 9.22. The summed E-state index contributed by atoms with van der Waals surface area (Å²) in [7, 11) is 0. The van der Waals surface area contributed by atoms with E-state index in [1.165, 1.54) is 0 Å². The highest BCUT2D eigenvalue weighted by molar-refractivity contribution is 7.80. The van der Waals surface area contributed by atoms with Crippen molar-refractivity contribution in [2.45, 2.75) is 24.0 Å². The lowest BCUT2D eigenvalue weighted by Crippen LogP contribution is -2.22. The highest BCUT2D eigenvalue weighted by Gasteiger charge is 2.11. The van der Waals surface area contributed by atoms with Gasteiger partial charge in [-0.2, -0.15) is 0 Å². The minimum atomic E-state index is -0.528. The van der Waals surface area contributed by atoms with E-state index in [1.54, 1.807) is 6.92 Å². The summed E-state index contributed by atoms with van der Waals surface area (Å²) in [6.07, 6.45) is -0.528. The second-order valence-electron chi connectivity index (χ2n) is 2.86. The first-order chi connectivity index (χ1) is 5.61. The molecule has 0 spiro atoms. The number of aliphatic hydroxyl groups is 1. The first-order valence-electron chi connectivity index (χ1n) is 3.84. The number of benzene rings is 1. The molecule has 1 rings (SSSR count). The number of nitrogens with two attached hydrogens (primary N) is 1. The topological polar surface area (TPSA) is 46.2 Å². The number of thiol groups is 1. The summed E-state index contributed by atoms with van der Waals surface area (Å²) < 4.78 is 0. The average Bonchev–Trinajstić information content (AvgIpc) is 2.03. The standard InChI is InChI=1S/C9H13NOS/c1-6(11)9(10)7-3-2-4-8(12)5-7/h2-6,9,11-12H,10H2,1H3/t6-,9+/m0/s1. The molecule has 0 heterocycles. The Morgan fingerprint density at radius 3 is 2.67 bits per heavy atom. The lowest BCUT2D eigenvalue weighted by Gasteiger charge is -2.14. The maximum Gasteiger partial charge on any atom is 0.0704 e. The van der Waals surface area contributed by atoms with Crippen molar-refractivity contribution in [3.63, 3.8) is 0 Å². The van der Waals surface area contributed by atoms with Crippen LogP contribution >= 0.6 is 12.6 Å². The van der Waals surface area contributed by atoms with E-state index in [0.29, 0.717) is 0 Å². The van der Waals surface area contributed by atoms with Gasteiger partial charge in [-0.05, 0) is 24.6 Å². The maximum absolute atomic E-state index is 9.22. The molecule has 0 radical (unpaired) electrons. The minimum absolute atomic E-state index is 0.322. The van der Waals surface area contributed by atoms with Crippen LogP contribution in [-0.4, -0.2) is 11.2 Å². The van der Waals surface area contributed by atoms with Crippen molar-refractivity contribution in [2.24, 2.45) is 5.73 Å². The first kappa shape index (κ1) is 9.58. The lowest BCUT2D eigenvalue weighted by atomic mass is 10.0. The van der Waals surface area contributed by atoms with Gasteiger partial charge in [0.15, 0.2) is 0 Å². The SMILES string of the molecule is C[C@H](O)[C@@H](N)c1cccc(S)c1. The summed E-state index contributed by atoms with van der Waals surface area (Å²) in [5, 5.41) is 9.22. The summed E-state index contributed by atoms with van der Waals surface area (Å²) in [6.45, 7) is 1.68. The van der Waals surface area contributed by atoms with E-state index >= 15 is 0 Å². The number of hydrogen-bond donors (Lipinski definition) is 3. The van der Waals surface area contributed by atoms with E-state index in [-0.39, 0.29) is 6.04 Å². The fraction of sp³-hybridized carbons (Fsp3) is 0.333. The molecule has 3 N–H and O–H groups in total. The molecule has 1 aromatic carbocycles. The Morgan fingerprint density at radius 2 is 2.17 bits per heavy atom. The predicted molar refractivity (Wildman–Crippen MR) is 52.3 cm³/mol. The zero-order valence-corrected chi connectivity index (χ0v) is 7.83. The monoisotopic (exact) mass is 183 g/mol. The normalized spacial score (nSPS) is 15.7. The van der Waals surface area contributed by atoms with E-state index in [0.717, 1.165) is 10.5 Å². The Labute approximate surface area is 77.8 Å². The summed E-state index contributed by atoms with van der Waals surface area (Å²) in [6, 6.07) is 7.18. The van der Waals surface area contributed by atoms with Gasteiger partial charge in [0, 0.05) is 4.90 Å². The van der Waals surface area contributed by atoms with Crippen LogP contribution in [-0.2, 0) is 0 Å². The molecule has 0 saturated carbocycles. The molecule has 0 aromatic heterocycles. The van der Waals surface area contributed by atoms with Crippen LogP contribution < -0.4 is 5.73 Å². The molecule has 66 valence electrons. The molecule has 0 bridgehead atoms. The third kappa shape index (κ3) is 2.24. The average molecular weight is 183 g/mol. The van der Waals surface area contributed by atoms with Gasteiger partial charge >= 0.3 is 0 Å². The summed E-state index contributed by atoms with van der Waals surface area (Å²) in [5.41, 5.74) is 6.64. The Hall–Kier alpha value is -0.510. The molecular weight excluding hydrogens is 170 g/mol. The number of rotatable bonds is 2. The van der Waals surface area contributed by atoms with Gasteiger partial charge in [0.05, 0.1) is 12.1 Å². The molecule has 0 saturated heterocycles. The third-order valence-electron chi connectivity index (χ3n) is 1.77. The molecule has 0 aliphatic carbocycles. The molecule has 1 aromatic rings. The van der Waals surface area contributed by atoms with E-state index in [4.69, 9.17) is 5.73 Å². The van der Waals surface area contributed by atoms with E-state index in [1.807, 2.05) is 24.3 Å². The van der Waals surface area contributed by atoms with Crippen LogP contribution in [0.15, 0.2) is 29.2 Å². The number of aliphatic hydroxyl groups excluding tert-OH is 1. The summed E-state index contributed by atoms with van der Waals surface area (Å²) in [5.74, 6) is 0. The molecule has 3 heteroatoms. The molecule has 0 unspecified atom stereocenters. The van der Waals surface area contributed by atoms with Gasteiger partial charge in [-0.25, -0.2) is 0 Å². The van der Waals surface area contributed by atoms with Gasteiger partial charge in [0.1, 0.15) is 0 Å². The summed E-state index contributed by atoms with van der Waals surface area (Å²) >= 11 is 4.18. The Kier molecular flexibility index (Phi) is 3.14. The molecule has 0 amide bonds. The van der Waals surface area contributed by atoms with Crippen molar-refractivity contribution in [3.05, 3.63) is 29.8 Å². The van der Waals surface area contributed by atoms with Crippen LogP contribution in [0.5, 0.6) is 0 Å². The van der Waals surface area contributed by atoms with Gasteiger partial charge in [-0.3, -0.25) is 0 Å². The second-order valence-corrected chi connectivity index (χ2v) is 3.38. The van der Waals surface area contributed by atoms with Gasteiger partial charge in [0.25, 0.3) is 0 Å². The van der Waals surface area contributed by atoms with Gasteiger partial charge in [-0.15, -0.1) is 12.6 Å². The Bertz CT molecular complexity index is 262. The van der Waals surface area contributed by atoms with Crippen LogP contribution in [0.4, 0.5) is 0 Å². The molecule has 12 heavy (non-hydrogen) atoms. The third-order valence-corrected chi connectivity index (χ3v) is 2.05. The highest BCUT2D eigenvalue weighted by Crippen LogP contribution is 2.17. The lowest BCUT2D eigenvalue weighted by molar-refractivity contribution is 0.164. The van der Waals surface area contributed by atoms with Crippen LogP contribution in [0.2, 0.25) is 0 Å². The van der Waals surface area contributed by atoms with Crippen molar-refractivity contribution in [3.8, 4) is 0 Å². The smallest absolute Gasteiger partial charge is 0.0704 e. The predicted octanol–water partition coefficient (Wildman–Crippen LogP) is 1.36. The summed E-state index contributed by atoms with van der Waals surface area (Å²) in [4.78, 5) is 0.864. The van der Waals surface area contributed by atoms with Crippen LogP contribution in [0.25, 0.3) is 0 Å². The zero-order valence-electron chi connectivity index (χ0n) is 6.94. The Balaban J connectivity index is 2.88. The van der Waals surface area contributed by atoms with Crippen molar-refractivity contribution in [2.75, 3.05) is 0 Å². The van der Waals surface area contributed by atoms with E-state index < -0.39 is 6.10 Å². The molecular formula is C9H13NOS. The van der Waals surface area contributed by atoms with Gasteiger partial charge in [0.2, 0.25) is 0 Å². The van der Waals surface area contributed by atoms with Crippen LogP contribution in [0.3, 0.4) is 0 Å². The van der Waals surface area contributed by atoms with Gasteiger partial charge in [-0.1, -0.05) is 12.1 Å². The molecule has 0 aliphatic rings. The fourth-order valence-corrected chi connectivity index (χ4v) is 1.25. The number of hydrogen-bond acceptors (Lipinski definition) is 3. The van der Waals surface area contributed by atoms with Crippen LogP contribution in [0.1, 0.15) is 18.5 Å². The first-order valence-corrected chi connectivity index (χ1v) is 4.28. The van der Waals surface area contributed by atoms with Crippen molar-refractivity contribution >= 4 is 12.6 Å². The fourth-order valence-electron chi connectivity index (χ4n) is 1.01. The molecule has 0 fully saturated rings. The van der Waals surface area contributed by atoms with Gasteiger partial charge < -0.3 is 10.8 Å². The highest BCUT2D eigenvalue weighted by atomic mass is 32.1. The minimum Gasteiger partial charge on any atom is -0.391 e. The Morgan fingerprint density at radius 1 is 1.50 bits per heavy atom. The van der Waals surface area contributed by atoms with Crippen molar-refractivity contribution in [1.29, 1.82) is 0 Å². The van der Waals surface area contributed by atoms with E-state index in [2.05, 4.69) is 12.6 Å². The quantitative estimate of drug-likeness (QED) is 0.606.